The number of carbonyl (C=O) groups is 2. The van der Waals surface area contributed by atoms with E-state index in [4.69, 9.17) is 21.4 Å². The van der Waals surface area contributed by atoms with Crippen molar-refractivity contribution in [3.63, 3.8) is 0 Å². The van der Waals surface area contributed by atoms with Gasteiger partial charge in [-0.25, -0.2) is 4.79 Å². The van der Waals surface area contributed by atoms with Gasteiger partial charge in [-0.3, -0.25) is 9.78 Å². The fraction of sp³-hybridized carbons (Fsp3) is 0.0333. The second-order valence-electron chi connectivity index (χ2n) is 8.19. The molecule has 5 rings (SSSR count). The number of carboxylic acid groups (broad SMARTS) is 1. The topological polar surface area (TPSA) is 76.5 Å². The van der Waals surface area contributed by atoms with Crippen LogP contribution in [0.1, 0.15) is 31.8 Å². The molecule has 1 aromatic heterocycles. The Morgan fingerprint density at radius 1 is 0.806 bits per heavy atom. The molecule has 0 unspecified atom stereocenters. The molecule has 0 bridgehead atoms. The van der Waals surface area contributed by atoms with E-state index >= 15 is 0 Å². The number of carboxylic acids is 1. The smallest absolute Gasteiger partial charge is 0.335 e. The molecule has 0 aliphatic rings. The van der Waals surface area contributed by atoms with Gasteiger partial charge in [-0.1, -0.05) is 78.3 Å². The SMILES string of the molecule is O=C(O)c1ccc(COc2ccc(-c3c(C(=O)c4ccccc4)cnc4c(Cl)cccc34)cc2)cc1. The maximum Gasteiger partial charge on any atom is 0.335 e. The van der Waals surface area contributed by atoms with Gasteiger partial charge in [-0.15, -0.1) is 0 Å². The molecule has 0 radical (unpaired) electrons. The van der Waals surface area contributed by atoms with Crippen LogP contribution in [0.2, 0.25) is 5.02 Å². The number of pyridine rings is 1. The van der Waals surface area contributed by atoms with Crippen molar-refractivity contribution in [1.29, 1.82) is 0 Å². The van der Waals surface area contributed by atoms with E-state index in [9.17, 15) is 9.59 Å². The number of ketones is 1. The summed E-state index contributed by atoms with van der Waals surface area (Å²) < 4.78 is 5.89. The standard InChI is InChI=1S/C30H20ClNO4/c31-26-8-4-7-24-27(25(17-32-28(24)26)29(33)21-5-2-1-3-6-21)20-13-15-23(16-14-20)36-18-19-9-11-22(12-10-19)30(34)35/h1-17H,18H2,(H,34,35). The summed E-state index contributed by atoms with van der Waals surface area (Å²) in [5, 5.41) is 10.3. The van der Waals surface area contributed by atoms with Crippen molar-refractivity contribution in [2.24, 2.45) is 0 Å². The zero-order chi connectivity index (χ0) is 25.1. The number of hydrogen-bond acceptors (Lipinski definition) is 4. The Balaban J connectivity index is 1.48. The largest absolute Gasteiger partial charge is 0.489 e. The van der Waals surface area contributed by atoms with Gasteiger partial charge < -0.3 is 9.84 Å². The molecule has 4 aromatic carbocycles. The Morgan fingerprint density at radius 2 is 1.53 bits per heavy atom. The first-order valence-corrected chi connectivity index (χ1v) is 11.6. The Kier molecular flexibility index (Phi) is 6.48. The van der Waals surface area contributed by atoms with Gasteiger partial charge in [-0.05, 0) is 41.5 Å². The molecule has 0 saturated heterocycles. The first-order chi connectivity index (χ1) is 17.5. The number of rotatable bonds is 7. The lowest BCUT2D eigenvalue weighted by atomic mass is 9.92. The molecule has 36 heavy (non-hydrogen) atoms. The van der Waals surface area contributed by atoms with Crippen LogP contribution in [-0.2, 0) is 6.61 Å². The molecule has 1 heterocycles. The molecular formula is C30H20ClNO4. The Bertz CT molecular complexity index is 1560. The fourth-order valence-corrected chi connectivity index (χ4v) is 4.27. The van der Waals surface area contributed by atoms with Gasteiger partial charge in [0.25, 0.3) is 0 Å². The van der Waals surface area contributed by atoms with Crippen LogP contribution in [0.4, 0.5) is 0 Å². The maximum atomic E-state index is 13.4. The van der Waals surface area contributed by atoms with E-state index in [1.165, 1.54) is 0 Å². The molecule has 0 aliphatic heterocycles. The van der Waals surface area contributed by atoms with Gasteiger partial charge in [0.2, 0.25) is 0 Å². The molecule has 0 amide bonds. The van der Waals surface area contributed by atoms with Crippen molar-refractivity contribution in [3.05, 3.63) is 131 Å². The van der Waals surface area contributed by atoms with Crippen LogP contribution in [0, 0.1) is 0 Å². The van der Waals surface area contributed by atoms with Crippen LogP contribution >= 0.6 is 11.6 Å². The highest BCUT2D eigenvalue weighted by Gasteiger charge is 2.19. The molecule has 1 N–H and O–H groups in total. The molecule has 0 fully saturated rings. The number of hydrogen-bond donors (Lipinski definition) is 1. The highest BCUT2D eigenvalue weighted by atomic mass is 35.5. The lowest BCUT2D eigenvalue weighted by molar-refractivity contribution is 0.0696. The molecule has 0 atom stereocenters. The number of aromatic nitrogens is 1. The van der Waals surface area contributed by atoms with Gasteiger partial charge in [-0.2, -0.15) is 0 Å². The minimum atomic E-state index is -0.965. The number of aromatic carboxylic acids is 1. The third kappa shape index (κ3) is 4.69. The highest BCUT2D eigenvalue weighted by Crippen LogP contribution is 2.35. The van der Waals surface area contributed by atoms with Crippen LogP contribution < -0.4 is 4.74 Å². The summed E-state index contributed by atoms with van der Waals surface area (Å²) >= 11 is 6.42. The second kappa shape index (κ2) is 10.0. The number of ether oxygens (including phenoxy) is 1. The number of para-hydroxylation sites is 1. The van der Waals surface area contributed by atoms with Crippen molar-refractivity contribution >= 4 is 34.3 Å². The van der Waals surface area contributed by atoms with Gasteiger partial charge in [0.1, 0.15) is 12.4 Å². The summed E-state index contributed by atoms with van der Waals surface area (Å²) in [6, 6.07) is 28.7. The highest BCUT2D eigenvalue weighted by molar-refractivity contribution is 6.35. The molecule has 176 valence electrons. The summed E-state index contributed by atoms with van der Waals surface area (Å²) in [6.07, 6.45) is 1.59. The average molecular weight is 494 g/mol. The van der Waals surface area contributed by atoms with Gasteiger partial charge in [0.15, 0.2) is 5.78 Å². The van der Waals surface area contributed by atoms with E-state index in [0.717, 1.165) is 22.1 Å². The first kappa shape index (κ1) is 23.3. The number of halogens is 1. The summed E-state index contributed by atoms with van der Waals surface area (Å²) in [6.45, 7) is 0.296. The van der Waals surface area contributed by atoms with Crippen LogP contribution in [0.25, 0.3) is 22.0 Å². The third-order valence-electron chi connectivity index (χ3n) is 5.88. The predicted octanol–water partition coefficient (Wildman–Crippen LogP) is 7.06. The second-order valence-corrected chi connectivity index (χ2v) is 8.60. The summed E-state index contributed by atoms with van der Waals surface area (Å²) in [5.41, 5.74) is 4.38. The van der Waals surface area contributed by atoms with Crippen molar-refractivity contribution in [2.75, 3.05) is 0 Å². The lowest BCUT2D eigenvalue weighted by Gasteiger charge is -2.14. The van der Waals surface area contributed by atoms with Crippen LogP contribution in [0.5, 0.6) is 5.75 Å². The molecule has 0 aliphatic carbocycles. The van der Waals surface area contributed by atoms with Crippen LogP contribution in [0.3, 0.4) is 0 Å². The van der Waals surface area contributed by atoms with E-state index in [1.54, 1.807) is 48.7 Å². The van der Waals surface area contributed by atoms with Crippen molar-refractivity contribution < 1.29 is 19.4 Å². The van der Waals surface area contributed by atoms with Crippen LogP contribution in [-0.4, -0.2) is 21.8 Å². The minimum Gasteiger partial charge on any atom is -0.489 e. The molecule has 6 heteroatoms. The Morgan fingerprint density at radius 3 is 2.22 bits per heavy atom. The molecule has 0 saturated carbocycles. The maximum absolute atomic E-state index is 13.4. The number of fused-ring (bicyclic) bond motifs is 1. The monoisotopic (exact) mass is 493 g/mol. The first-order valence-electron chi connectivity index (χ1n) is 11.2. The molecular weight excluding hydrogens is 474 g/mol. The Labute approximate surface area is 212 Å². The molecule has 0 spiro atoms. The van der Waals surface area contributed by atoms with Gasteiger partial charge in [0, 0.05) is 28.3 Å². The van der Waals surface area contributed by atoms with E-state index < -0.39 is 5.97 Å². The fourth-order valence-electron chi connectivity index (χ4n) is 4.04. The van der Waals surface area contributed by atoms with Crippen molar-refractivity contribution in [1.82, 2.24) is 4.98 Å². The molecule has 5 aromatic rings. The van der Waals surface area contributed by atoms with Crippen LogP contribution in [0.15, 0.2) is 103 Å². The van der Waals surface area contributed by atoms with Crippen molar-refractivity contribution in [2.45, 2.75) is 6.61 Å². The summed E-state index contributed by atoms with van der Waals surface area (Å²) in [7, 11) is 0. The van der Waals surface area contributed by atoms with Gasteiger partial charge >= 0.3 is 5.97 Å². The van der Waals surface area contributed by atoms with E-state index in [-0.39, 0.29) is 11.3 Å². The average Bonchev–Trinajstić information content (AvgIpc) is 2.92. The quantitative estimate of drug-likeness (QED) is 0.245. The zero-order valence-electron chi connectivity index (χ0n) is 19.0. The van der Waals surface area contributed by atoms with Gasteiger partial charge in [0.05, 0.1) is 16.1 Å². The Hall–Kier alpha value is -4.48. The lowest BCUT2D eigenvalue weighted by Crippen LogP contribution is -2.05. The normalized spacial score (nSPS) is 10.8. The minimum absolute atomic E-state index is 0.120. The summed E-state index contributed by atoms with van der Waals surface area (Å²) in [5.74, 6) is -0.438. The van der Waals surface area contributed by atoms with Crippen molar-refractivity contribution in [3.8, 4) is 16.9 Å². The van der Waals surface area contributed by atoms with E-state index in [0.29, 0.717) is 34.0 Å². The number of nitrogens with zero attached hydrogens (tertiary/aromatic N) is 1. The number of benzene rings is 4. The third-order valence-corrected chi connectivity index (χ3v) is 6.18. The molecule has 5 nitrogen and oxygen atoms in total. The van der Waals surface area contributed by atoms with E-state index in [1.807, 2.05) is 54.6 Å². The zero-order valence-corrected chi connectivity index (χ0v) is 19.8. The van der Waals surface area contributed by atoms with E-state index in [2.05, 4.69) is 4.98 Å². The number of carbonyl (C=O) groups excluding carboxylic acids is 1. The summed E-state index contributed by atoms with van der Waals surface area (Å²) in [4.78, 5) is 28.9. The predicted molar refractivity (Wildman–Crippen MR) is 140 cm³/mol.